The molecule has 0 fully saturated rings. The van der Waals surface area contributed by atoms with Crippen LogP contribution in [0.25, 0.3) is 0 Å². The second kappa shape index (κ2) is 8.22. The summed E-state index contributed by atoms with van der Waals surface area (Å²) >= 11 is 0. The zero-order valence-corrected chi connectivity index (χ0v) is 12.2. The molecule has 0 saturated heterocycles. The van der Waals surface area contributed by atoms with Crippen molar-refractivity contribution >= 4 is 0 Å². The van der Waals surface area contributed by atoms with E-state index < -0.39 is 0 Å². The number of hydrogen-bond acceptors (Lipinski definition) is 3. The summed E-state index contributed by atoms with van der Waals surface area (Å²) in [6.45, 7) is 12.9. The molecular formula is C15H27N3. The van der Waals surface area contributed by atoms with E-state index in [9.17, 15) is 0 Å². The molecule has 0 aliphatic rings. The molecule has 3 nitrogen and oxygen atoms in total. The zero-order chi connectivity index (χ0) is 13.4. The van der Waals surface area contributed by atoms with Crippen molar-refractivity contribution < 1.29 is 0 Å². The molecule has 0 spiro atoms. The molecule has 1 rings (SSSR count). The quantitative estimate of drug-likeness (QED) is 0.718. The molecule has 3 heteroatoms. The third kappa shape index (κ3) is 6.12. The molecule has 0 bridgehead atoms. The van der Waals surface area contributed by atoms with Crippen molar-refractivity contribution in [3.8, 4) is 0 Å². The lowest BCUT2D eigenvalue weighted by Gasteiger charge is -2.20. The largest absolute Gasteiger partial charge is 0.314 e. The predicted octanol–water partition coefficient (Wildman–Crippen LogP) is 2.60. The average Bonchev–Trinajstić information content (AvgIpc) is 2.33. The van der Waals surface area contributed by atoms with E-state index in [0.29, 0.717) is 6.04 Å². The van der Waals surface area contributed by atoms with E-state index in [2.05, 4.69) is 48.1 Å². The van der Waals surface area contributed by atoms with Gasteiger partial charge in [0.2, 0.25) is 0 Å². The van der Waals surface area contributed by atoms with Gasteiger partial charge in [0.1, 0.15) is 0 Å². The Hall–Kier alpha value is -0.930. The minimum Gasteiger partial charge on any atom is -0.314 e. The van der Waals surface area contributed by atoms with Crippen LogP contribution in [0.15, 0.2) is 18.2 Å². The average molecular weight is 249 g/mol. The van der Waals surface area contributed by atoms with Gasteiger partial charge in [-0.3, -0.25) is 9.88 Å². The highest BCUT2D eigenvalue weighted by atomic mass is 15.1. The van der Waals surface area contributed by atoms with Crippen LogP contribution in [0.1, 0.15) is 38.6 Å². The van der Waals surface area contributed by atoms with Crippen LogP contribution in [0.2, 0.25) is 0 Å². The lowest BCUT2D eigenvalue weighted by atomic mass is 10.2. The standard InChI is InChI=1S/C15H27N3/c1-5-18(11-7-10-16-13(2)3)12-15-9-6-8-14(4)17-15/h6,8-9,13,16H,5,7,10-12H2,1-4H3. The molecule has 102 valence electrons. The smallest absolute Gasteiger partial charge is 0.0547 e. The van der Waals surface area contributed by atoms with E-state index >= 15 is 0 Å². The molecule has 0 saturated carbocycles. The minimum absolute atomic E-state index is 0.582. The highest BCUT2D eigenvalue weighted by Crippen LogP contribution is 2.03. The molecule has 18 heavy (non-hydrogen) atoms. The van der Waals surface area contributed by atoms with Crippen LogP contribution >= 0.6 is 0 Å². The summed E-state index contributed by atoms with van der Waals surface area (Å²) in [6, 6.07) is 6.83. The third-order valence-electron chi connectivity index (χ3n) is 2.98. The van der Waals surface area contributed by atoms with Crippen molar-refractivity contribution in [3.05, 3.63) is 29.6 Å². The first-order valence-corrected chi connectivity index (χ1v) is 7.00. The molecule has 1 heterocycles. The van der Waals surface area contributed by atoms with Gasteiger partial charge in [0.25, 0.3) is 0 Å². The fourth-order valence-corrected chi connectivity index (χ4v) is 1.96. The van der Waals surface area contributed by atoms with Crippen LogP contribution < -0.4 is 5.32 Å². The first-order chi connectivity index (χ1) is 8.61. The predicted molar refractivity (Wildman–Crippen MR) is 77.7 cm³/mol. The number of nitrogens with one attached hydrogen (secondary N) is 1. The van der Waals surface area contributed by atoms with Crippen molar-refractivity contribution in [1.29, 1.82) is 0 Å². The van der Waals surface area contributed by atoms with Crippen LogP contribution in [0.3, 0.4) is 0 Å². The number of pyridine rings is 1. The normalized spacial score (nSPS) is 11.4. The molecule has 0 aliphatic carbocycles. The van der Waals surface area contributed by atoms with Crippen molar-refractivity contribution in [3.63, 3.8) is 0 Å². The summed E-state index contributed by atoms with van der Waals surface area (Å²) in [5.41, 5.74) is 2.28. The highest BCUT2D eigenvalue weighted by Gasteiger charge is 2.04. The maximum absolute atomic E-state index is 4.56. The number of nitrogens with zero attached hydrogens (tertiary/aromatic N) is 2. The Morgan fingerprint density at radius 2 is 2.11 bits per heavy atom. The molecular weight excluding hydrogens is 222 g/mol. The van der Waals surface area contributed by atoms with Gasteiger partial charge in [-0.25, -0.2) is 0 Å². The number of aromatic nitrogens is 1. The van der Waals surface area contributed by atoms with Crippen LogP contribution in [-0.4, -0.2) is 35.6 Å². The summed E-state index contributed by atoms with van der Waals surface area (Å²) in [6.07, 6.45) is 1.19. The molecule has 0 aromatic carbocycles. The number of hydrogen-bond donors (Lipinski definition) is 1. The van der Waals surface area contributed by atoms with Crippen LogP contribution in [0.5, 0.6) is 0 Å². The van der Waals surface area contributed by atoms with E-state index in [4.69, 9.17) is 0 Å². The van der Waals surface area contributed by atoms with Gasteiger partial charge in [0.15, 0.2) is 0 Å². The van der Waals surface area contributed by atoms with Crippen molar-refractivity contribution in [2.45, 2.75) is 46.7 Å². The summed E-state index contributed by atoms with van der Waals surface area (Å²) < 4.78 is 0. The Kier molecular flexibility index (Phi) is 6.91. The lowest BCUT2D eigenvalue weighted by molar-refractivity contribution is 0.270. The molecule has 0 atom stereocenters. The summed E-state index contributed by atoms with van der Waals surface area (Å²) in [7, 11) is 0. The molecule has 0 unspecified atom stereocenters. The number of aryl methyl sites for hydroxylation is 1. The fourth-order valence-electron chi connectivity index (χ4n) is 1.96. The maximum Gasteiger partial charge on any atom is 0.0547 e. The first-order valence-electron chi connectivity index (χ1n) is 7.00. The van der Waals surface area contributed by atoms with Gasteiger partial charge in [0, 0.05) is 18.3 Å². The van der Waals surface area contributed by atoms with E-state index in [1.54, 1.807) is 0 Å². The molecule has 1 N–H and O–H groups in total. The molecule has 1 aromatic rings. The van der Waals surface area contributed by atoms with E-state index in [1.165, 1.54) is 12.1 Å². The van der Waals surface area contributed by atoms with Gasteiger partial charge in [-0.2, -0.15) is 0 Å². The lowest BCUT2D eigenvalue weighted by Crippen LogP contribution is -2.29. The molecule has 0 radical (unpaired) electrons. The van der Waals surface area contributed by atoms with Gasteiger partial charge in [-0.05, 0) is 45.1 Å². The molecule has 0 aliphatic heterocycles. The topological polar surface area (TPSA) is 28.2 Å². The van der Waals surface area contributed by atoms with Crippen molar-refractivity contribution in [1.82, 2.24) is 15.2 Å². The molecule has 0 amide bonds. The van der Waals surface area contributed by atoms with Crippen LogP contribution in [0.4, 0.5) is 0 Å². The Balaban J connectivity index is 2.33. The summed E-state index contributed by atoms with van der Waals surface area (Å²) in [5.74, 6) is 0. The second-order valence-electron chi connectivity index (χ2n) is 5.10. The van der Waals surface area contributed by atoms with E-state index in [0.717, 1.165) is 31.9 Å². The van der Waals surface area contributed by atoms with Crippen molar-refractivity contribution in [2.75, 3.05) is 19.6 Å². The van der Waals surface area contributed by atoms with Crippen LogP contribution in [-0.2, 0) is 6.54 Å². The summed E-state index contributed by atoms with van der Waals surface area (Å²) in [4.78, 5) is 7.01. The monoisotopic (exact) mass is 249 g/mol. The van der Waals surface area contributed by atoms with Gasteiger partial charge in [-0.15, -0.1) is 0 Å². The molecule has 1 aromatic heterocycles. The maximum atomic E-state index is 4.56. The highest BCUT2D eigenvalue weighted by molar-refractivity contribution is 5.09. The van der Waals surface area contributed by atoms with Crippen LogP contribution in [0, 0.1) is 6.92 Å². The zero-order valence-electron chi connectivity index (χ0n) is 12.2. The fraction of sp³-hybridized carbons (Fsp3) is 0.667. The SMILES string of the molecule is CCN(CCCNC(C)C)Cc1cccc(C)n1. The number of rotatable bonds is 8. The van der Waals surface area contributed by atoms with E-state index in [1.807, 2.05) is 13.0 Å². The Morgan fingerprint density at radius 1 is 1.33 bits per heavy atom. The first kappa shape index (κ1) is 15.1. The van der Waals surface area contributed by atoms with Gasteiger partial charge in [0.05, 0.1) is 5.69 Å². The minimum atomic E-state index is 0.582. The van der Waals surface area contributed by atoms with Gasteiger partial charge in [-0.1, -0.05) is 26.8 Å². The van der Waals surface area contributed by atoms with Crippen molar-refractivity contribution in [2.24, 2.45) is 0 Å². The Morgan fingerprint density at radius 3 is 2.72 bits per heavy atom. The Labute approximate surface area is 112 Å². The van der Waals surface area contributed by atoms with E-state index in [-0.39, 0.29) is 0 Å². The van der Waals surface area contributed by atoms with Gasteiger partial charge < -0.3 is 5.32 Å². The van der Waals surface area contributed by atoms with Gasteiger partial charge >= 0.3 is 0 Å². The second-order valence-corrected chi connectivity index (χ2v) is 5.10. The third-order valence-corrected chi connectivity index (χ3v) is 2.98. The Bertz CT molecular complexity index is 336. The summed E-state index contributed by atoms with van der Waals surface area (Å²) in [5, 5.41) is 3.46.